The summed E-state index contributed by atoms with van der Waals surface area (Å²) in [4.78, 5) is 8.46. The molecule has 19 heavy (non-hydrogen) atoms. The van der Waals surface area contributed by atoms with E-state index < -0.39 is 10.2 Å². The summed E-state index contributed by atoms with van der Waals surface area (Å²) in [5, 5.41) is 3.89. The summed E-state index contributed by atoms with van der Waals surface area (Å²) in [7, 11) is -0.522. The van der Waals surface area contributed by atoms with Crippen molar-refractivity contribution in [1.82, 2.24) is 19.0 Å². The van der Waals surface area contributed by atoms with Gasteiger partial charge in [0.05, 0.1) is 17.9 Å². The smallest absolute Gasteiger partial charge is 0.256 e. The van der Waals surface area contributed by atoms with E-state index in [4.69, 9.17) is 0 Å². The van der Waals surface area contributed by atoms with Crippen molar-refractivity contribution in [3.63, 3.8) is 0 Å². The van der Waals surface area contributed by atoms with Gasteiger partial charge in [-0.25, -0.2) is 0 Å². The van der Waals surface area contributed by atoms with Gasteiger partial charge in [-0.2, -0.15) is 28.8 Å². The Bertz CT molecular complexity index is 638. The molecule has 2 aromatic rings. The van der Waals surface area contributed by atoms with Crippen LogP contribution < -0.4 is 4.72 Å². The van der Waals surface area contributed by atoms with Crippen LogP contribution in [0.3, 0.4) is 0 Å². The van der Waals surface area contributed by atoms with Gasteiger partial charge in [0.1, 0.15) is 0 Å². The molecule has 102 valence electrons. The van der Waals surface area contributed by atoms with Crippen molar-refractivity contribution >= 4 is 21.5 Å². The molecule has 0 bridgehead atoms. The third-order valence-corrected chi connectivity index (χ3v) is 4.63. The van der Waals surface area contributed by atoms with E-state index in [1.54, 1.807) is 23.7 Å². The van der Waals surface area contributed by atoms with Crippen molar-refractivity contribution in [1.29, 1.82) is 0 Å². The van der Waals surface area contributed by atoms with Crippen LogP contribution in [0.25, 0.3) is 11.3 Å². The lowest BCUT2D eigenvalue weighted by atomic mass is 10.2. The van der Waals surface area contributed by atoms with Gasteiger partial charge in [-0.1, -0.05) is 0 Å². The third-order valence-electron chi connectivity index (χ3n) is 2.47. The third kappa shape index (κ3) is 3.35. The van der Waals surface area contributed by atoms with E-state index in [1.807, 2.05) is 16.8 Å². The average molecular weight is 298 g/mol. The summed E-state index contributed by atoms with van der Waals surface area (Å²) in [5.74, 6) is 0. The van der Waals surface area contributed by atoms with Crippen LogP contribution in [0, 0.1) is 0 Å². The molecule has 6 nitrogen and oxygen atoms in total. The van der Waals surface area contributed by atoms with E-state index in [2.05, 4.69) is 14.7 Å². The minimum Gasteiger partial charge on any atom is -0.256 e. The Kier molecular flexibility index (Phi) is 4.25. The van der Waals surface area contributed by atoms with Crippen molar-refractivity contribution in [3.8, 4) is 11.3 Å². The molecule has 0 unspecified atom stereocenters. The Labute approximate surface area is 116 Å². The first-order valence-corrected chi connectivity index (χ1v) is 7.88. The first-order chi connectivity index (χ1) is 9.00. The lowest BCUT2D eigenvalue weighted by molar-refractivity contribution is 0.504. The van der Waals surface area contributed by atoms with Crippen LogP contribution in [0.15, 0.2) is 29.2 Å². The van der Waals surface area contributed by atoms with Crippen LogP contribution >= 0.6 is 11.3 Å². The molecule has 0 aliphatic rings. The molecule has 2 rings (SSSR count). The highest BCUT2D eigenvalue weighted by Gasteiger charge is 2.15. The fourth-order valence-electron chi connectivity index (χ4n) is 1.43. The first-order valence-electron chi connectivity index (χ1n) is 5.50. The molecular weight excluding hydrogens is 284 g/mol. The number of nitrogens with one attached hydrogen (secondary N) is 1. The molecule has 0 aliphatic heterocycles. The van der Waals surface area contributed by atoms with Crippen LogP contribution in [-0.2, 0) is 16.8 Å². The lowest BCUT2D eigenvalue weighted by Crippen LogP contribution is -2.35. The summed E-state index contributed by atoms with van der Waals surface area (Å²) in [6.45, 7) is 0.111. The average Bonchev–Trinajstić information content (AvgIpc) is 2.90. The zero-order chi connectivity index (χ0) is 13.9. The summed E-state index contributed by atoms with van der Waals surface area (Å²) in [6, 6.07) is 1.93. The minimum absolute atomic E-state index is 0.111. The van der Waals surface area contributed by atoms with Gasteiger partial charge in [0.25, 0.3) is 10.2 Å². The maximum Gasteiger partial charge on any atom is 0.279 e. The van der Waals surface area contributed by atoms with Crippen molar-refractivity contribution in [2.24, 2.45) is 0 Å². The van der Waals surface area contributed by atoms with Gasteiger partial charge in [0.2, 0.25) is 0 Å². The normalized spacial score (nSPS) is 11.9. The molecule has 2 aromatic heterocycles. The SMILES string of the molecule is CN(C)S(=O)(=O)NCc1nccnc1-c1ccsc1. The Morgan fingerprint density at radius 1 is 1.32 bits per heavy atom. The molecular formula is C11H14N4O2S2. The predicted octanol–water partition coefficient (Wildman–Crippen LogP) is 1.10. The van der Waals surface area contributed by atoms with E-state index in [1.165, 1.54) is 14.1 Å². The highest BCUT2D eigenvalue weighted by atomic mass is 32.2. The molecule has 1 N–H and O–H groups in total. The molecule has 0 spiro atoms. The lowest BCUT2D eigenvalue weighted by Gasteiger charge is -2.13. The zero-order valence-corrected chi connectivity index (χ0v) is 12.2. The Balaban J connectivity index is 2.23. The zero-order valence-electron chi connectivity index (χ0n) is 10.6. The standard InChI is InChI=1S/C11H14N4O2S2/c1-15(2)19(16,17)14-7-10-11(13-5-4-12-10)9-3-6-18-8-9/h3-6,8,14H,7H2,1-2H3. The maximum absolute atomic E-state index is 11.7. The monoisotopic (exact) mass is 298 g/mol. The van der Waals surface area contributed by atoms with Gasteiger partial charge in [-0.05, 0) is 11.4 Å². The number of hydrogen-bond donors (Lipinski definition) is 1. The fourth-order valence-corrected chi connectivity index (χ4v) is 2.64. The van der Waals surface area contributed by atoms with Gasteiger partial charge in [-0.15, -0.1) is 0 Å². The van der Waals surface area contributed by atoms with E-state index in [9.17, 15) is 8.42 Å². The van der Waals surface area contributed by atoms with Crippen LogP contribution in [0.2, 0.25) is 0 Å². The summed E-state index contributed by atoms with van der Waals surface area (Å²) >= 11 is 1.56. The number of rotatable bonds is 5. The van der Waals surface area contributed by atoms with Crippen LogP contribution in [0.5, 0.6) is 0 Å². The number of aromatic nitrogens is 2. The van der Waals surface area contributed by atoms with E-state index >= 15 is 0 Å². The second-order valence-corrected chi connectivity index (χ2v) is 6.72. The van der Waals surface area contributed by atoms with Crippen LogP contribution in [0.1, 0.15) is 5.69 Å². The molecule has 0 aliphatic carbocycles. The number of hydrogen-bond acceptors (Lipinski definition) is 5. The second kappa shape index (κ2) is 5.74. The molecule has 8 heteroatoms. The van der Waals surface area contributed by atoms with Crippen molar-refractivity contribution in [2.75, 3.05) is 14.1 Å². The topological polar surface area (TPSA) is 75.2 Å². The minimum atomic E-state index is -3.46. The maximum atomic E-state index is 11.7. The highest BCUT2D eigenvalue weighted by Crippen LogP contribution is 2.22. The first kappa shape index (κ1) is 14.1. The summed E-state index contributed by atoms with van der Waals surface area (Å²) < 4.78 is 26.9. The highest BCUT2D eigenvalue weighted by molar-refractivity contribution is 7.87. The van der Waals surface area contributed by atoms with E-state index in [0.29, 0.717) is 11.4 Å². The predicted molar refractivity (Wildman–Crippen MR) is 74.8 cm³/mol. The molecule has 0 saturated heterocycles. The van der Waals surface area contributed by atoms with Gasteiger partial charge in [0, 0.05) is 37.4 Å². The molecule has 0 fully saturated rings. The quantitative estimate of drug-likeness (QED) is 0.897. The van der Waals surface area contributed by atoms with Crippen molar-refractivity contribution in [2.45, 2.75) is 6.54 Å². The largest absolute Gasteiger partial charge is 0.279 e. The van der Waals surface area contributed by atoms with Gasteiger partial charge in [-0.3, -0.25) is 9.97 Å². The van der Waals surface area contributed by atoms with Gasteiger partial charge in [0.15, 0.2) is 0 Å². The Morgan fingerprint density at radius 3 is 2.68 bits per heavy atom. The molecule has 2 heterocycles. The second-order valence-electron chi connectivity index (χ2n) is 3.97. The molecule has 0 atom stereocenters. The van der Waals surface area contributed by atoms with Crippen molar-refractivity contribution < 1.29 is 8.42 Å². The Hall–Kier alpha value is -1.35. The number of thiophene rings is 1. The molecule has 0 amide bonds. The molecule has 0 saturated carbocycles. The van der Waals surface area contributed by atoms with Crippen molar-refractivity contribution in [3.05, 3.63) is 34.9 Å². The van der Waals surface area contributed by atoms with Gasteiger partial charge < -0.3 is 0 Å². The van der Waals surface area contributed by atoms with Crippen LogP contribution in [-0.4, -0.2) is 36.8 Å². The summed E-state index contributed by atoms with van der Waals surface area (Å²) in [5.41, 5.74) is 2.24. The van der Waals surface area contributed by atoms with E-state index in [0.717, 1.165) is 9.87 Å². The summed E-state index contributed by atoms with van der Waals surface area (Å²) in [6.07, 6.45) is 3.14. The molecule has 0 radical (unpaired) electrons. The fraction of sp³-hybridized carbons (Fsp3) is 0.273. The van der Waals surface area contributed by atoms with Crippen LogP contribution in [0.4, 0.5) is 0 Å². The molecule has 0 aromatic carbocycles. The van der Waals surface area contributed by atoms with Gasteiger partial charge >= 0.3 is 0 Å². The number of nitrogens with zero attached hydrogens (tertiary/aromatic N) is 3. The Morgan fingerprint density at radius 2 is 2.05 bits per heavy atom. The van der Waals surface area contributed by atoms with E-state index in [-0.39, 0.29) is 6.54 Å².